The van der Waals surface area contributed by atoms with Crippen LogP contribution in [0.1, 0.15) is 13.8 Å². The molecule has 1 rings (SSSR count). The van der Waals surface area contributed by atoms with Gasteiger partial charge in [0.25, 0.3) is 0 Å². The van der Waals surface area contributed by atoms with Crippen molar-refractivity contribution in [2.75, 3.05) is 6.61 Å². The topological polar surface area (TPSA) is 43.4 Å². The van der Waals surface area contributed by atoms with Crippen molar-refractivity contribution in [1.82, 2.24) is 0 Å². The second-order valence-electron chi connectivity index (χ2n) is 2.85. The molecule has 0 heterocycles. The Bertz CT molecular complexity index is 176. The van der Waals surface area contributed by atoms with E-state index in [1.807, 2.05) is 6.92 Å². The van der Waals surface area contributed by atoms with Crippen molar-refractivity contribution in [3.8, 4) is 0 Å². The molecule has 3 nitrogen and oxygen atoms in total. The minimum absolute atomic E-state index is 0.0888. The molecule has 62 valence electrons. The summed E-state index contributed by atoms with van der Waals surface area (Å²) in [7, 11) is 0. The van der Waals surface area contributed by atoms with Gasteiger partial charge in [-0.25, -0.2) is 0 Å². The number of carbonyl (C=O) groups is 2. The van der Waals surface area contributed by atoms with E-state index in [2.05, 4.69) is 0 Å². The molecule has 0 aliphatic heterocycles. The smallest absolute Gasteiger partial charge is 0.309 e. The maximum atomic E-state index is 11.0. The maximum Gasteiger partial charge on any atom is 0.309 e. The molecular formula is C8H12O3. The predicted octanol–water partition coefficient (Wildman–Crippen LogP) is 0.631. The van der Waals surface area contributed by atoms with Crippen LogP contribution in [0.15, 0.2) is 0 Å². The summed E-state index contributed by atoms with van der Waals surface area (Å²) in [5, 5.41) is 0. The largest absolute Gasteiger partial charge is 0.466 e. The highest BCUT2D eigenvalue weighted by molar-refractivity contribution is 5.82. The van der Waals surface area contributed by atoms with Gasteiger partial charge in [0.15, 0.2) is 0 Å². The lowest BCUT2D eigenvalue weighted by molar-refractivity contribution is -0.145. The molecule has 0 amide bonds. The highest BCUT2D eigenvalue weighted by Gasteiger charge is 2.52. The molecule has 1 aliphatic rings. The second kappa shape index (κ2) is 3.03. The highest BCUT2D eigenvalue weighted by atomic mass is 16.5. The molecule has 0 spiro atoms. The number of hydrogen-bond donors (Lipinski definition) is 0. The molecule has 0 N–H and O–H groups in total. The first-order chi connectivity index (χ1) is 5.22. The van der Waals surface area contributed by atoms with Crippen molar-refractivity contribution in [3.05, 3.63) is 0 Å². The fourth-order valence-corrected chi connectivity index (χ4v) is 1.31. The molecule has 0 aromatic carbocycles. The van der Waals surface area contributed by atoms with Crippen molar-refractivity contribution < 1.29 is 14.3 Å². The Balaban J connectivity index is 2.39. The number of aldehydes is 1. The zero-order chi connectivity index (χ0) is 8.43. The molecule has 3 atom stereocenters. The Kier molecular flexibility index (Phi) is 2.27. The van der Waals surface area contributed by atoms with Crippen LogP contribution >= 0.6 is 0 Å². The van der Waals surface area contributed by atoms with E-state index in [9.17, 15) is 9.59 Å². The fourth-order valence-electron chi connectivity index (χ4n) is 1.31. The van der Waals surface area contributed by atoms with Crippen molar-refractivity contribution >= 4 is 12.3 Å². The van der Waals surface area contributed by atoms with Gasteiger partial charge in [0, 0.05) is 5.92 Å². The minimum atomic E-state index is -0.225. The maximum absolute atomic E-state index is 11.0. The van der Waals surface area contributed by atoms with Gasteiger partial charge in [-0.1, -0.05) is 6.92 Å². The second-order valence-corrected chi connectivity index (χ2v) is 2.85. The summed E-state index contributed by atoms with van der Waals surface area (Å²) >= 11 is 0. The molecule has 11 heavy (non-hydrogen) atoms. The first-order valence-corrected chi connectivity index (χ1v) is 3.84. The molecule has 1 unspecified atom stereocenters. The van der Waals surface area contributed by atoms with E-state index in [0.29, 0.717) is 6.61 Å². The third-order valence-electron chi connectivity index (χ3n) is 2.16. The van der Waals surface area contributed by atoms with Crippen LogP contribution in [0.3, 0.4) is 0 Å². The molecule has 0 radical (unpaired) electrons. The monoisotopic (exact) mass is 156 g/mol. The summed E-state index contributed by atoms with van der Waals surface area (Å²) < 4.78 is 4.77. The molecule has 0 bridgehead atoms. The van der Waals surface area contributed by atoms with E-state index in [0.717, 1.165) is 6.29 Å². The zero-order valence-electron chi connectivity index (χ0n) is 6.74. The van der Waals surface area contributed by atoms with E-state index in [-0.39, 0.29) is 23.7 Å². The van der Waals surface area contributed by atoms with Gasteiger partial charge in [0.05, 0.1) is 12.5 Å². The van der Waals surface area contributed by atoms with Crippen LogP contribution in [-0.2, 0) is 14.3 Å². The van der Waals surface area contributed by atoms with Gasteiger partial charge in [-0.3, -0.25) is 4.79 Å². The molecular weight excluding hydrogens is 144 g/mol. The van der Waals surface area contributed by atoms with Crippen LogP contribution in [0.25, 0.3) is 0 Å². The average molecular weight is 156 g/mol. The van der Waals surface area contributed by atoms with Crippen molar-refractivity contribution in [2.45, 2.75) is 13.8 Å². The van der Waals surface area contributed by atoms with Gasteiger partial charge in [-0.05, 0) is 12.8 Å². The Hall–Kier alpha value is -0.860. The molecule has 1 aliphatic carbocycles. The summed E-state index contributed by atoms with van der Waals surface area (Å²) in [6.45, 7) is 4.05. The van der Waals surface area contributed by atoms with Crippen molar-refractivity contribution in [1.29, 1.82) is 0 Å². The first kappa shape index (κ1) is 8.24. The molecule has 3 heteroatoms. The van der Waals surface area contributed by atoms with E-state index in [1.165, 1.54) is 0 Å². The Morgan fingerprint density at radius 3 is 2.64 bits per heavy atom. The van der Waals surface area contributed by atoms with Crippen LogP contribution in [0, 0.1) is 17.8 Å². The normalized spacial score (nSPS) is 34.5. The summed E-state index contributed by atoms with van der Waals surface area (Å²) in [5.74, 6) is -0.287. The number of carbonyl (C=O) groups excluding carboxylic acids is 2. The molecule has 0 aromatic rings. The van der Waals surface area contributed by atoms with Crippen LogP contribution in [-0.4, -0.2) is 18.9 Å². The van der Waals surface area contributed by atoms with Crippen molar-refractivity contribution in [2.24, 2.45) is 17.8 Å². The van der Waals surface area contributed by atoms with E-state index >= 15 is 0 Å². The summed E-state index contributed by atoms with van der Waals surface area (Å²) in [5.41, 5.74) is 0. The molecule has 1 fully saturated rings. The lowest BCUT2D eigenvalue weighted by atomic mass is 10.3. The number of hydrogen-bond acceptors (Lipinski definition) is 3. The van der Waals surface area contributed by atoms with Gasteiger partial charge in [-0.15, -0.1) is 0 Å². The predicted molar refractivity (Wildman–Crippen MR) is 38.8 cm³/mol. The Morgan fingerprint density at radius 1 is 1.64 bits per heavy atom. The summed E-state index contributed by atoms with van der Waals surface area (Å²) in [6.07, 6.45) is 0.840. The molecule has 0 aromatic heterocycles. The quantitative estimate of drug-likeness (QED) is 0.444. The van der Waals surface area contributed by atoms with E-state index in [1.54, 1.807) is 6.92 Å². The third kappa shape index (κ3) is 1.42. The van der Waals surface area contributed by atoms with Gasteiger partial charge in [0.2, 0.25) is 0 Å². The van der Waals surface area contributed by atoms with Gasteiger partial charge in [-0.2, -0.15) is 0 Å². The van der Waals surface area contributed by atoms with Crippen LogP contribution in [0.2, 0.25) is 0 Å². The molecule has 0 saturated heterocycles. The Labute approximate surface area is 65.7 Å². The van der Waals surface area contributed by atoms with Gasteiger partial charge >= 0.3 is 5.97 Å². The minimum Gasteiger partial charge on any atom is -0.466 e. The van der Waals surface area contributed by atoms with E-state index in [4.69, 9.17) is 4.74 Å². The Morgan fingerprint density at radius 2 is 2.27 bits per heavy atom. The van der Waals surface area contributed by atoms with Crippen LogP contribution in [0.5, 0.6) is 0 Å². The number of ether oxygens (including phenoxy) is 1. The number of esters is 1. The fraction of sp³-hybridized carbons (Fsp3) is 0.750. The summed E-state index contributed by atoms with van der Waals surface area (Å²) in [6, 6.07) is 0. The van der Waals surface area contributed by atoms with Crippen LogP contribution < -0.4 is 0 Å². The number of rotatable bonds is 3. The van der Waals surface area contributed by atoms with Gasteiger partial charge in [0.1, 0.15) is 6.29 Å². The SMILES string of the molecule is CCOC(=O)[C@@H]1C(C)[C@H]1C=O. The lowest BCUT2D eigenvalue weighted by Gasteiger charge is -1.97. The lowest BCUT2D eigenvalue weighted by Crippen LogP contribution is -2.08. The van der Waals surface area contributed by atoms with Crippen LogP contribution in [0.4, 0.5) is 0 Å². The summed E-state index contributed by atoms with van der Waals surface area (Å²) in [4.78, 5) is 21.3. The van der Waals surface area contributed by atoms with Crippen molar-refractivity contribution in [3.63, 3.8) is 0 Å². The third-order valence-corrected chi connectivity index (χ3v) is 2.16. The standard InChI is InChI=1S/C8H12O3/c1-3-11-8(10)7-5(2)6(7)4-9/h4-7H,3H2,1-2H3/t5?,6-,7-/m1/s1. The molecule has 1 saturated carbocycles. The van der Waals surface area contributed by atoms with E-state index < -0.39 is 0 Å². The highest BCUT2D eigenvalue weighted by Crippen LogP contribution is 2.44. The van der Waals surface area contributed by atoms with Gasteiger partial charge < -0.3 is 9.53 Å². The zero-order valence-corrected chi connectivity index (χ0v) is 6.74. The average Bonchev–Trinajstić information content (AvgIpc) is 2.61. The first-order valence-electron chi connectivity index (χ1n) is 3.84.